The molecule has 3 N–H and O–H groups in total. The first kappa shape index (κ1) is 16.3. The first-order chi connectivity index (χ1) is 9.06. The van der Waals surface area contributed by atoms with Crippen molar-refractivity contribution in [3.63, 3.8) is 0 Å². The molecule has 0 saturated carbocycles. The van der Waals surface area contributed by atoms with Crippen molar-refractivity contribution in [2.75, 3.05) is 24.3 Å². The van der Waals surface area contributed by atoms with Crippen LogP contribution in [0.4, 0.5) is 5.82 Å². The third-order valence-corrected chi connectivity index (χ3v) is 4.78. The minimum absolute atomic E-state index is 0.157. The monoisotopic (exact) mass is 303 g/mol. The van der Waals surface area contributed by atoms with Crippen molar-refractivity contribution in [2.45, 2.75) is 30.6 Å². The Morgan fingerprint density at radius 1 is 1.26 bits per heavy atom. The second-order valence-electron chi connectivity index (χ2n) is 4.22. The van der Waals surface area contributed by atoms with Gasteiger partial charge in [-0.15, -0.1) is 0 Å². The number of sulfonamides is 1. The van der Waals surface area contributed by atoms with E-state index in [4.69, 9.17) is 5.73 Å². The number of pyridine rings is 1. The number of aromatic nitrogens is 1. The van der Waals surface area contributed by atoms with Gasteiger partial charge in [-0.1, -0.05) is 12.8 Å². The van der Waals surface area contributed by atoms with Crippen LogP contribution in [0.2, 0.25) is 0 Å². The summed E-state index contributed by atoms with van der Waals surface area (Å²) in [6.45, 7) is 0.464. The summed E-state index contributed by atoms with van der Waals surface area (Å²) in [6, 6.07) is 2.94. The number of nitrogens with one attached hydrogen (secondary N) is 1. The molecule has 0 spiro atoms. The Bertz CT molecular complexity index is 460. The predicted molar refractivity (Wildman–Crippen MR) is 80.7 cm³/mol. The molecule has 108 valence electrons. The van der Waals surface area contributed by atoms with Crippen LogP contribution in [-0.2, 0) is 10.0 Å². The standard InChI is InChI=1S/C12H21N3O2S2/c1-18-9-5-3-2-4-8-15-19(16,17)11-6-7-12(13)14-10-11/h6-7,10,15H,2-5,8-9H2,1H3,(H2,13,14). The van der Waals surface area contributed by atoms with Crippen molar-refractivity contribution in [3.05, 3.63) is 18.3 Å². The van der Waals surface area contributed by atoms with Crippen LogP contribution in [0, 0.1) is 0 Å². The van der Waals surface area contributed by atoms with E-state index in [-0.39, 0.29) is 4.90 Å². The molecule has 19 heavy (non-hydrogen) atoms. The van der Waals surface area contributed by atoms with Crippen molar-refractivity contribution >= 4 is 27.6 Å². The predicted octanol–water partition coefficient (Wildman–Crippen LogP) is 1.87. The lowest BCUT2D eigenvalue weighted by atomic mass is 10.2. The lowest BCUT2D eigenvalue weighted by Gasteiger charge is -2.06. The molecule has 0 radical (unpaired) electrons. The normalized spacial score (nSPS) is 11.6. The van der Waals surface area contributed by atoms with Crippen LogP contribution >= 0.6 is 11.8 Å². The molecule has 0 aliphatic rings. The zero-order valence-corrected chi connectivity index (χ0v) is 12.8. The molecule has 1 aromatic heterocycles. The maximum absolute atomic E-state index is 11.9. The van der Waals surface area contributed by atoms with Crippen LogP contribution in [0.25, 0.3) is 0 Å². The molecule has 0 bridgehead atoms. The first-order valence-corrected chi connectivity index (χ1v) is 9.14. The largest absolute Gasteiger partial charge is 0.384 e. The summed E-state index contributed by atoms with van der Waals surface area (Å²) in [5.74, 6) is 1.48. The van der Waals surface area contributed by atoms with Gasteiger partial charge in [0.25, 0.3) is 0 Å². The number of thioether (sulfide) groups is 1. The van der Waals surface area contributed by atoms with E-state index < -0.39 is 10.0 Å². The Hall–Kier alpha value is -0.790. The van der Waals surface area contributed by atoms with E-state index in [1.165, 1.54) is 30.5 Å². The van der Waals surface area contributed by atoms with Crippen LogP contribution in [0.1, 0.15) is 25.7 Å². The molecule has 7 heteroatoms. The second-order valence-corrected chi connectivity index (χ2v) is 6.98. The van der Waals surface area contributed by atoms with E-state index in [1.54, 1.807) is 0 Å². The van der Waals surface area contributed by atoms with Crippen molar-refractivity contribution in [2.24, 2.45) is 0 Å². The van der Waals surface area contributed by atoms with E-state index in [0.717, 1.165) is 19.3 Å². The fraction of sp³-hybridized carbons (Fsp3) is 0.583. The van der Waals surface area contributed by atoms with Gasteiger partial charge in [0.1, 0.15) is 10.7 Å². The van der Waals surface area contributed by atoms with E-state index in [9.17, 15) is 8.42 Å². The van der Waals surface area contributed by atoms with Gasteiger partial charge >= 0.3 is 0 Å². The van der Waals surface area contributed by atoms with E-state index in [1.807, 2.05) is 11.8 Å². The van der Waals surface area contributed by atoms with Crippen LogP contribution in [0.3, 0.4) is 0 Å². The van der Waals surface area contributed by atoms with E-state index in [0.29, 0.717) is 12.4 Å². The van der Waals surface area contributed by atoms with Gasteiger partial charge < -0.3 is 5.73 Å². The Labute approximate surface area is 119 Å². The van der Waals surface area contributed by atoms with Crippen LogP contribution in [0.5, 0.6) is 0 Å². The molecule has 0 aliphatic carbocycles. The Morgan fingerprint density at radius 3 is 2.63 bits per heavy atom. The summed E-state index contributed by atoms with van der Waals surface area (Å²) >= 11 is 1.84. The summed E-state index contributed by atoms with van der Waals surface area (Å²) in [6.07, 6.45) is 7.60. The summed E-state index contributed by atoms with van der Waals surface area (Å²) in [4.78, 5) is 3.94. The SMILES string of the molecule is CSCCCCCCNS(=O)(=O)c1ccc(N)nc1. The Morgan fingerprint density at radius 2 is 2.00 bits per heavy atom. The number of nitrogens with zero attached hydrogens (tertiary/aromatic N) is 1. The highest BCUT2D eigenvalue weighted by molar-refractivity contribution is 7.98. The zero-order valence-electron chi connectivity index (χ0n) is 11.1. The number of unbranched alkanes of at least 4 members (excludes halogenated alkanes) is 3. The molecule has 1 aromatic rings. The van der Waals surface area contributed by atoms with Gasteiger partial charge in [-0.05, 0) is 37.0 Å². The van der Waals surface area contributed by atoms with Gasteiger partial charge in [-0.25, -0.2) is 18.1 Å². The number of nitrogens with two attached hydrogens (primary N) is 1. The molecular formula is C12H21N3O2S2. The quantitative estimate of drug-likeness (QED) is 0.680. The molecule has 0 fully saturated rings. The third kappa shape index (κ3) is 6.26. The summed E-state index contributed by atoms with van der Waals surface area (Å²) < 4.78 is 26.3. The van der Waals surface area contributed by atoms with Crippen LogP contribution in [0.15, 0.2) is 23.2 Å². The van der Waals surface area contributed by atoms with E-state index in [2.05, 4.69) is 16.0 Å². The molecule has 5 nitrogen and oxygen atoms in total. The number of nitrogen functional groups attached to an aromatic ring is 1. The second kappa shape index (κ2) is 8.39. The lowest BCUT2D eigenvalue weighted by Crippen LogP contribution is -2.24. The van der Waals surface area contributed by atoms with Gasteiger partial charge in [0.2, 0.25) is 10.0 Å². The molecule has 1 heterocycles. The minimum Gasteiger partial charge on any atom is -0.384 e. The molecule has 0 amide bonds. The van der Waals surface area contributed by atoms with Gasteiger partial charge in [-0.2, -0.15) is 11.8 Å². The average molecular weight is 303 g/mol. The number of hydrogen-bond acceptors (Lipinski definition) is 5. The molecule has 0 saturated heterocycles. The van der Waals surface area contributed by atoms with Gasteiger partial charge in [0.15, 0.2) is 0 Å². The summed E-state index contributed by atoms with van der Waals surface area (Å²) in [5, 5.41) is 0. The molecule has 1 rings (SSSR count). The van der Waals surface area contributed by atoms with Gasteiger partial charge in [-0.3, -0.25) is 0 Å². The fourth-order valence-electron chi connectivity index (χ4n) is 1.57. The topological polar surface area (TPSA) is 85.1 Å². The zero-order chi connectivity index (χ0) is 14.1. The van der Waals surface area contributed by atoms with Crippen molar-refractivity contribution < 1.29 is 8.42 Å². The average Bonchev–Trinajstić information content (AvgIpc) is 2.38. The Kier molecular flexibility index (Phi) is 7.19. The molecule has 0 atom stereocenters. The number of hydrogen-bond donors (Lipinski definition) is 2. The molecule has 0 aliphatic heterocycles. The molecule has 0 aromatic carbocycles. The van der Waals surface area contributed by atoms with Crippen molar-refractivity contribution in [3.8, 4) is 0 Å². The minimum atomic E-state index is -3.45. The summed E-state index contributed by atoms with van der Waals surface area (Å²) in [7, 11) is -3.45. The van der Waals surface area contributed by atoms with Crippen LogP contribution < -0.4 is 10.5 Å². The molecular weight excluding hydrogens is 282 g/mol. The van der Waals surface area contributed by atoms with Crippen molar-refractivity contribution in [1.29, 1.82) is 0 Å². The fourth-order valence-corrected chi connectivity index (χ4v) is 3.08. The highest BCUT2D eigenvalue weighted by Crippen LogP contribution is 2.09. The van der Waals surface area contributed by atoms with E-state index >= 15 is 0 Å². The van der Waals surface area contributed by atoms with Gasteiger partial charge in [0.05, 0.1) is 0 Å². The Balaban J connectivity index is 2.29. The lowest BCUT2D eigenvalue weighted by molar-refractivity contribution is 0.573. The maximum Gasteiger partial charge on any atom is 0.242 e. The highest BCUT2D eigenvalue weighted by Gasteiger charge is 2.13. The van der Waals surface area contributed by atoms with Gasteiger partial charge in [0, 0.05) is 12.7 Å². The highest BCUT2D eigenvalue weighted by atomic mass is 32.2. The number of rotatable bonds is 9. The smallest absolute Gasteiger partial charge is 0.242 e. The molecule has 0 unspecified atom stereocenters. The third-order valence-electron chi connectivity index (χ3n) is 2.64. The van der Waals surface area contributed by atoms with Crippen molar-refractivity contribution in [1.82, 2.24) is 9.71 Å². The maximum atomic E-state index is 11.9. The van der Waals surface area contributed by atoms with Crippen LogP contribution in [-0.4, -0.2) is 32.0 Å². The number of anilines is 1. The first-order valence-electron chi connectivity index (χ1n) is 6.26. The summed E-state index contributed by atoms with van der Waals surface area (Å²) in [5.41, 5.74) is 5.42.